The smallest absolute Gasteiger partial charge is 0.126 e. The predicted molar refractivity (Wildman–Crippen MR) is 63.1 cm³/mol. The number of hydrogen-bond donors (Lipinski definition) is 2. The van der Waals surface area contributed by atoms with Gasteiger partial charge in [-0.2, -0.15) is 0 Å². The Morgan fingerprint density at radius 3 is 2.65 bits per heavy atom. The van der Waals surface area contributed by atoms with E-state index in [0.29, 0.717) is 17.9 Å². The van der Waals surface area contributed by atoms with Crippen molar-refractivity contribution in [3.05, 3.63) is 35.4 Å². The summed E-state index contributed by atoms with van der Waals surface area (Å²) in [6.45, 7) is 4.31. The maximum atomic E-state index is 13.5. The van der Waals surface area contributed by atoms with Gasteiger partial charge in [-0.15, -0.1) is 0 Å². The Morgan fingerprint density at radius 2 is 2.12 bits per heavy atom. The minimum absolute atomic E-state index is 0.00120. The van der Waals surface area contributed by atoms with E-state index >= 15 is 0 Å². The van der Waals surface area contributed by atoms with E-state index in [1.54, 1.807) is 0 Å². The molecule has 94 valence electrons. The highest BCUT2D eigenvalue weighted by Gasteiger charge is 2.49. The molecule has 2 nitrogen and oxygen atoms in total. The van der Waals surface area contributed by atoms with Crippen LogP contribution in [0.4, 0.5) is 8.78 Å². The van der Waals surface area contributed by atoms with Crippen molar-refractivity contribution < 1.29 is 8.78 Å². The predicted octanol–water partition coefficient (Wildman–Crippen LogP) is 2.39. The van der Waals surface area contributed by atoms with Crippen molar-refractivity contribution in [1.29, 1.82) is 0 Å². The van der Waals surface area contributed by atoms with E-state index in [-0.39, 0.29) is 17.3 Å². The van der Waals surface area contributed by atoms with Gasteiger partial charge in [0.25, 0.3) is 0 Å². The second kappa shape index (κ2) is 4.35. The molecule has 2 atom stereocenters. The van der Waals surface area contributed by atoms with Crippen molar-refractivity contribution >= 4 is 0 Å². The Kier molecular flexibility index (Phi) is 3.19. The van der Waals surface area contributed by atoms with Crippen LogP contribution < -0.4 is 11.3 Å². The summed E-state index contributed by atoms with van der Waals surface area (Å²) in [6.07, 6.45) is 1.49. The first-order chi connectivity index (χ1) is 7.94. The summed E-state index contributed by atoms with van der Waals surface area (Å²) in [5, 5.41) is 0. The van der Waals surface area contributed by atoms with Crippen molar-refractivity contribution in [2.45, 2.75) is 32.7 Å². The molecule has 1 fully saturated rings. The third kappa shape index (κ3) is 2.64. The van der Waals surface area contributed by atoms with Crippen LogP contribution in [-0.2, 0) is 6.42 Å². The summed E-state index contributed by atoms with van der Waals surface area (Å²) < 4.78 is 26.6. The van der Waals surface area contributed by atoms with E-state index in [9.17, 15) is 8.78 Å². The Balaban J connectivity index is 2.11. The second-order valence-corrected chi connectivity index (χ2v) is 5.51. The van der Waals surface area contributed by atoms with Crippen LogP contribution in [0.15, 0.2) is 18.2 Å². The van der Waals surface area contributed by atoms with Gasteiger partial charge < -0.3 is 0 Å². The topological polar surface area (TPSA) is 38.0 Å². The van der Waals surface area contributed by atoms with E-state index in [2.05, 4.69) is 19.3 Å². The van der Waals surface area contributed by atoms with Crippen molar-refractivity contribution in [1.82, 2.24) is 5.43 Å². The molecule has 3 N–H and O–H groups in total. The van der Waals surface area contributed by atoms with Crippen molar-refractivity contribution in [2.75, 3.05) is 0 Å². The molecule has 1 aromatic rings. The SMILES string of the molecule is CC1(C)CC1C(Cc1cc(F)ccc1F)NN. The normalized spacial score (nSPS) is 23.5. The largest absolute Gasteiger partial charge is 0.271 e. The lowest BCUT2D eigenvalue weighted by Crippen LogP contribution is -2.39. The number of rotatable bonds is 4. The van der Waals surface area contributed by atoms with Crippen molar-refractivity contribution in [3.8, 4) is 0 Å². The molecular formula is C13H18F2N2. The van der Waals surface area contributed by atoms with E-state index < -0.39 is 5.82 Å². The molecule has 0 bridgehead atoms. The van der Waals surface area contributed by atoms with Gasteiger partial charge in [0, 0.05) is 6.04 Å². The maximum absolute atomic E-state index is 13.5. The molecule has 0 amide bonds. The van der Waals surface area contributed by atoms with Gasteiger partial charge >= 0.3 is 0 Å². The van der Waals surface area contributed by atoms with E-state index in [4.69, 9.17) is 5.84 Å². The molecule has 2 rings (SSSR count). The molecule has 0 heterocycles. The quantitative estimate of drug-likeness (QED) is 0.626. The summed E-state index contributed by atoms with van der Waals surface area (Å²) in [6, 6.07) is 3.54. The van der Waals surface area contributed by atoms with E-state index in [0.717, 1.165) is 18.6 Å². The highest BCUT2D eigenvalue weighted by atomic mass is 19.1. The Morgan fingerprint density at radius 1 is 1.47 bits per heavy atom. The first-order valence-corrected chi connectivity index (χ1v) is 5.84. The summed E-state index contributed by atoms with van der Waals surface area (Å²) in [7, 11) is 0. The number of halogens is 2. The lowest BCUT2D eigenvalue weighted by Gasteiger charge is -2.18. The third-order valence-corrected chi connectivity index (χ3v) is 3.74. The Bertz CT molecular complexity index is 418. The van der Waals surface area contributed by atoms with Crippen LogP contribution in [0.1, 0.15) is 25.8 Å². The zero-order chi connectivity index (χ0) is 12.6. The fourth-order valence-electron chi connectivity index (χ4n) is 2.45. The molecule has 1 aliphatic carbocycles. The van der Waals surface area contributed by atoms with Gasteiger partial charge in [-0.3, -0.25) is 11.3 Å². The molecule has 2 unspecified atom stereocenters. The van der Waals surface area contributed by atoms with Crippen LogP contribution in [0.3, 0.4) is 0 Å². The van der Waals surface area contributed by atoms with Crippen LogP contribution in [0.25, 0.3) is 0 Å². The fourth-order valence-corrected chi connectivity index (χ4v) is 2.45. The van der Waals surface area contributed by atoms with Crippen LogP contribution in [0.2, 0.25) is 0 Å². The molecule has 0 aliphatic heterocycles. The first-order valence-electron chi connectivity index (χ1n) is 5.84. The van der Waals surface area contributed by atoms with Gasteiger partial charge in [-0.1, -0.05) is 13.8 Å². The first kappa shape index (κ1) is 12.5. The molecule has 4 heteroatoms. The summed E-state index contributed by atoms with van der Waals surface area (Å²) in [5.74, 6) is 5.15. The molecule has 1 saturated carbocycles. The molecule has 0 spiro atoms. The van der Waals surface area contributed by atoms with Gasteiger partial charge in [0.15, 0.2) is 0 Å². The fraction of sp³-hybridized carbons (Fsp3) is 0.538. The molecule has 1 aromatic carbocycles. The second-order valence-electron chi connectivity index (χ2n) is 5.51. The van der Waals surface area contributed by atoms with Crippen LogP contribution in [-0.4, -0.2) is 6.04 Å². The van der Waals surface area contributed by atoms with Gasteiger partial charge in [-0.25, -0.2) is 8.78 Å². The highest BCUT2D eigenvalue weighted by molar-refractivity contribution is 5.21. The minimum Gasteiger partial charge on any atom is -0.271 e. The number of benzene rings is 1. The highest BCUT2D eigenvalue weighted by Crippen LogP contribution is 2.53. The van der Waals surface area contributed by atoms with Gasteiger partial charge in [0.05, 0.1) is 0 Å². The standard InChI is InChI=1S/C13H18F2N2/c1-13(2)7-10(13)12(17-16)6-8-5-9(14)3-4-11(8)15/h3-5,10,12,17H,6-7,16H2,1-2H3. The minimum atomic E-state index is -0.410. The van der Waals surface area contributed by atoms with Crippen LogP contribution >= 0.6 is 0 Å². The van der Waals surface area contributed by atoms with Gasteiger partial charge in [-0.05, 0) is 47.9 Å². The molecule has 1 aliphatic rings. The van der Waals surface area contributed by atoms with Crippen LogP contribution in [0, 0.1) is 23.0 Å². The summed E-state index contributed by atoms with van der Waals surface area (Å²) >= 11 is 0. The molecular weight excluding hydrogens is 222 g/mol. The number of nitrogens with one attached hydrogen (secondary N) is 1. The van der Waals surface area contributed by atoms with Crippen molar-refractivity contribution in [2.24, 2.45) is 17.2 Å². The zero-order valence-electron chi connectivity index (χ0n) is 10.1. The lowest BCUT2D eigenvalue weighted by atomic mass is 9.97. The van der Waals surface area contributed by atoms with E-state index in [1.165, 1.54) is 6.07 Å². The maximum Gasteiger partial charge on any atom is 0.126 e. The van der Waals surface area contributed by atoms with Crippen molar-refractivity contribution in [3.63, 3.8) is 0 Å². The average Bonchev–Trinajstić information content (AvgIpc) is 2.89. The van der Waals surface area contributed by atoms with E-state index in [1.807, 2.05) is 0 Å². The monoisotopic (exact) mass is 240 g/mol. The third-order valence-electron chi connectivity index (χ3n) is 3.74. The summed E-state index contributed by atoms with van der Waals surface area (Å²) in [5.41, 5.74) is 3.36. The molecule has 17 heavy (non-hydrogen) atoms. The Labute approximate surface area is 100 Å². The van der Waals surface area contributed by atoms with Gasteiger partial charge in [0.2, 0.25) is 0 Å². The zero-order valence-corrected chi connectivity index (χ0v) is 10.1. The molecule has 0 aromatic heterocycles. The molecule has 0 saturated heterocycles. The van der Waals surface area contributed by atoms with Gasteiger partial charge in [0.1, 0.15) is 11.6 Å². The Hall–Kier alpha value is -1.00. The number of hydrazine groups is 1. The lowest BCUT2D eigenvalue weighted by molar-refractivity contribution is 0.403. The van der Waals surface area contributed by atoms with Crippen LogP contribution in [0.5, 0.6) is 0 Å². The molecule has 0 radical (unpaired) electrons. The number of nitrogens with two attached hydrogens (primary N) is 1. The average molecular weight is 240 g/mol. The summed E-state index contributed by atoms with van der Waals surface area (Å²) in [4.78, 5) is 0. The number of hydrogen-bond acceptors (Lipinski definition) is 2.